The summed E-state index contributed by atoms with van der Waals surface area (Å²) in [5.41, 5.74) is 0.616. The summed E-state index contributed by atoms with van der Waals surface area (Å²) in [5, 5.41) is 9.33. The summed E-state index contributed by atoms with van der Waals surface area (Å²) in [6, 6.07) is 10.5. The van der Waals surface area contributed by atoms with Crippen LogP contribution in [0, 0.1) is 0 Å². The van der Waals surface area contributed by atoms with Crippen LogP contribution in [0.15, 0.2) is 64.9 Å². The Bertz CT molecular complexity index is 872. The van der Waals surface area contributed by atoms with Crippen LogP contribution in [-0.4, -0.2) is 25.8 Å². The Morgan fingerprint density at radius 1 is 1.36 bits per heavy atom. The molecule has 3 rings (SSSR count). The summed E-state index contributed by atoms with van der Waals surface area (Å²) in [7, 11) is 0. The Balaban J connectivity index is 1.83. The number of halogens is 1. The molecule has 0 saturated carbocycles. The Morgan fingerprint density at radius 2 is 2.12 bits per heavy atom. The number of ketones is 1. The maximum atomic E-state index is 12.6. The van der Waals surface area contributed by atoms with Crippen molar-refractivity contribution in [3.05, 3.63) is 65.9 Å². The van der Waals surface area contributed by atoms with Gasteiger partial charge in [-0.3, -0.25) is 9.36 Å². The number of hydrogen-bond acceptors (Lipinski definition) is 5. The van der Waals surface area contributed by atoms with Crippen LogP contribution in [0.3, 0.4) is 0 Å². The van der Waals surface area contributed by atoms with Gasteiger partial charge in [-0.15, -0.1) is 16.8 Å². The first-order chi connectivity index (χ1) is 12.1. The van der Waals surface area contributed by atoms with Gasteiger partial charge in [0.25, 0.3) is 0 Å². The molecule has 2 heterocycles. The van der Waals surface area contributed by atoms with Crippen molar-refractivity contribution in [2.75, 3.05) is 0 Å². The lowest BCUT2D eigenvalue weighted by Crippen LogP contribution is -2.14. The van der Waals surface area contributed by atoms with E-state index in [2.05, 4.69) is 16.8 Å². The Labute approximate surface area is 154 Å². The van der Waals surface area contributed by atoms with Crippen LogP contribution < -0.4 is 0 Å². The topological polar surface area (TPSA) is 60.9 Å². The smallest absolute Gasteiger partial charge is 0.200 e. The van der Waals surface area contributed by atoms with Gasteiger partial charge in [-0.1, -0.05) is 29.4 Å². The second kappa shape index (κ2) is 7.72. The van der Waals surface area contributed by atoms with Crippen molar-refractivity contribution in [1.82, 2.24) is 14.8 Å². The minimum Gasteiger partial charge on any atom is -0.461 e. The van der Waals surface area contributed by atoms with Gasteiger partial charge in [0.1, 0.15) is 0 Å². The van der Waals surface area contributed by atoms with Crippen molar-refractivity contribution in [2.24, 2.45) is 0 Å². The van der Waals surface area contributed by atoms with Gasteiger partial charge < -0.3 is 4.42 Å². The number of furan rings is 1. The highest BCUT2D eigenvalue weighted by molar-refractivity contribution is 8.00. The van der Waals surface area contributed by atoms with Crippen molar-refractivity contribution in [2.45, 2.75) is 23.9 Å². The highest BCUT2D eigenvalue weighted by Gasteiger charge is 2.22. The lowest BCUT2D eigenvalue weighted by atomic mass is 10.1. The fourth-order valence-corrected chi connectivity index (χ4v) is 3.38. The molecule has 1 atom stereocenters. The quantitative estimate of drug-likeness (QED) is 0.340. The van der Waals surface area contributed by atoms with Crippen molar-refractivity contribution in [1.29, 1.82) is 0 Å². The van der Waals surface area contributed by atoms with E-state index in [1.807, 2.05) is 17.6 Å². The highest BCUT2D eigenvalue weighted by Crippen LogP contribution is 2.28. The van der Waals surface area contributed by atoms with E-state index in [4.69, 9.17) is 16.0 Å². The molecule has 0 N–H and O–H groups in total. The van der Waals surface area contributed by atoms with E-state index < -0.39 is 0 Å². The summed E-state index contributed by atoms with van der Waals surface area (Å²) in [4.78, 5) is 12.6. The molecule has 128 valence electrons. The Hall–Kier alpha value is -2.31. The molecule has 2 aromatic heterocycles. The van der Waals surface area contributed by atoms with Gasteiger partial charge in [0.2, 0.25) is 5.82 Å². The molecule has 0 spiro atoms. The van der Waals surface area contributed by atoms with Gasteiger partial charge in [-0.25, -0.2) is 0 Å². The third-order valence-electron chi connectivity index (χ3n) is 3.55. The van der Waals surface area contributed by atoms with Crippen molar-refractivity contribution < 1.29 is 9.21 Å². The summed E-state index contributed by atoms with van der Waals surface area (Å²) < 4.78 is 7.28. The number of benzene rings is 1. The molecule has 7 heteroatoms. The zero-order valence-electron chi connectivity index (χ0n) is 13.6. The minimum atomic E-state index is -0.321. The summed E-state index contributed by atoms with van der Waals surface area (Å²) >= 11 is 7.23. The largest absolute Gasteiger partial charge is 0.461 e. The van der Waals surface area contributed by atoms with Crippen LogP contribution in [0.2, 0.25) is 5.02 Å². The third-order valence-corrected chi connectivity index (χ3v) is 4.88. The van der Waals surface area contributed by atoms with E-state index in [-0.39, 0.29) is 11.0 Å². The first kappa shape index (κ1) is 17.5. The molecular weight excluding hydrogens is 358 g/mol. The first-order valence-corrected chi connectivity index (χ1v) is 8.90. The van der Waals surface area contributed by atoms with Gasteiger partial charge in [0, 0.05) is 17.1 Å². The predicted molar refractivity (Wildman–Crippen MR) is 99.0 cm³/mol. The van der Waals surface area contributed by atoms with Crippen LogP contribution in [0.25, 0.3) is 11.6 Å². The van der Waals surface area contributed by atoms with Gasteiger partial charge in [0.05, 0.1) is 11.5 Å². The van der Waals surface area contributed by atoms with Crippen molar-refractivity contribution in [3.8, 4) is 11.6 Å². The standard InChI is InChI=1S/C18H16ClN3O2S/c1-3-10-22-17(15-5-4-11-24-15)20-21-18(22)25-12(2)16(23)13-6-8-14(19)9-7-13/h3-9,11-12H,1,10H2,2H3. The second-order valence-corrected chi connectivity index (χ2v) is 7.06. The van der Waals surface area contributed by atoms with Crippen molar-refractivity contribution in [3.63, 3.8) is 0 Å². The number of thioether (sulfide) groups is 1. The molecule has 0 aliphatic rings. The maximum absolute atomic E-state index is 12.6. The van der Waals surface area contributed by atoms with Crippen LogP contribution in [0.1, 0.15) is 17.3 Å². The maximum Gasteiger partial charge on any atom is 0.200 e. The zero-order valence-corrected chi connectivity index (χ0v) is 15.1. The molecular formula is C18H16ClN3O2S. The van der Waals surface area contributed by atoms with E-state index in [1.54, 1.807) is 42.7 Å². The average molecular weight is 374 g/mol. The molecule has 1 unspecified atom stereocenters. The van der Waals surface area contributed by atoms with E-state index in [1.165, 1.54) is 11.8 Å². The SMILES string of the molecule is C=CCn1c(SC(C)C(=O)c2ccc(Cl)cc2)nnc1-c1ccco1. The lowest BCUT2D eigenvalue weighted by molar-refractivity contribution is 0.0994. The number of hydrogen-bond donors (Lipinski definition) is 0. The molecule has 0 radical (unpaired) electrons. The average Bonchev–Trinajstić information content (AvgIpc) is 3.26. The van der Waals surface area contributed by atoms with Gasteiger partial charge in [0.15, 0.2) is 16.7 Å². The molecule has 25 heavy (non-hydrogen) atoms. The Morgan fingerprint density at radius 3 is 2.76 bits per heavy atom. The molecule has 3 aromatic rings. The summed E-state index contributed by atoms with van der Waals surface area (Å²) in [5.74, 6) is 1.24. The highest BCUT2D eigenvalue weighted by atomic mass is 35.5. The monoisotopic (exact) mass is 373 g/mol. The van der Waals surface area contributed by atoms with E-state index in [0.29, 0.717) is 33.9 Å². The van der Waals surface area contributed by atoms with Crippen LogP contribution in [0.4, 0.5) is 0 Å². The van der Waals surface area contributed by atoms with Crippen LogP contribution in [0.5, 0.6) is 0 Å². The predicted octanol–water partition coefficient (Wildman–Crippen LogP) is 4.74. The third kappa shape index (κ3) is 3.86. The molecule has 0 saturated heterocycles. The van der Waals surface area contributed by atoms with E-state index in [0.717, 1.165) is 0 Å². The molecule has 0 aliphatic carbocycles. The van der Waals surface area contributed by atoms with Crippen molar-refractivity contribution >= 4 is 29.1 Å². The Kier molecular flexibility index (Phi) is 5.40. The number of carbonyl (C=O) groups excluding carboxylic acids is 1. The molecule has 0 aliphatic heterocycles. The number of carbonyl (C=O) groups is 1. The van der Waals surface area contributed by atoms with Crippen LogP contribution in [-0.2, 0) is 6.54 Å². The lowest BCUT2D eigenvalue weighted by Gasteiger charge is -2.11. The molecule has 1 aromatic carbocycles. The van der Waals surface area contributed by atoms with Crippen LogP contribution >= 0.6 is 23.4 Å². The van der Waals surface area contributed by atoms with Gasteiger partial charge >= 0.3 is 0 Å². The number of Topliss-reactive ketones (excluding diaryl/α,β-unsaturated/α-hetero) is 1. The summed E-state index contributed by atoms with van der Waals surface area (Å²) in [6.07, 6.45) is 3.34. The normalized spacial score (nSPS) is 12.1. The number of nitrogens with zero attached hydrogens (tertiary/aromatic N) is 3. The van der Waals surface area contributed by atoms with E-state index in [9.17, 15) is 4.79 Å². The number of aromatic nitrogens is 3. The number of rotatable bonds is 7. The fraction of sp³-hybridized carbons (Fsp3) is 0.167. The molecule has 0 bridgehead atoms. The summed E-state index contributed by atoms with van der Waals surface area (Å²) in [6.45, 7) is 6.14. The first-order valence-electron chi connectivity index (χ1n) is 7.64. The molecule has 5 nitrogen and oxygen atoms in total. The molecule has 0 fully saturated rings. The second-order valence-electron chi connectivity index (χ2n) is 5.31. The zero-order chi connectivity index (χ0) is 17.8. The number of allylic oxidation sites excluding steroid dienone is 1. The van der Waals surface area contributed by atoms with Gasteiger partial charge in [-0.05, 0) is 43.3 Å². The minimum absolute atomic E-state index is 0.00867. The van der Waals surface area contributed by atoms with Gasteiger partial charge in [-0.2, -0.15) is 0 Å². The van der Waals surface area contributed by atoms with E-state index >= 15 is 0 Å². The fourth-order valence-electron chi connectivity index (χ4n) is 2.32. The molecule has 0 amide bonds.